The summed E-state index contributed by atoms with van der Waals surface area (Å²) in [5.41, 5.74) is 0.918. The molecule has 1 saturated heterocycles. The zero-order valence-electron chi connectivity index (χ0n) is 13.5. The molecule has 1 fully saturated rings. The zero-order chi connectivity index (χ0) is 16.2. The van der Waals surface area contributed by atoms with E-state index in [4.69, 9.17) is 17.0 Å². The molecule has 0 saturated carbocycles. The molecule has 0 radical (unpaired) electrons. The first-order chi connectivity index (χ1) is 11.2. The van der Waals surface area contributed by atoms with Crippen molar-refractivity contribution < 1.29 is 9.53 Å². The van der Waals surface area contributed by atoms with Crippen molar-refractivity contribution in [2.45, 2.75) is 32.3 Å². The number of ether oxygens (including phenoxy) is 1. The van der Waals surface area contributed by atoms with Gasteiger partial charge in [0, 0.05) is 19.6 Å². The molecule has 124 valence electrons. The quantitative estimate of drug-likeness (QED) is 0.841. The Morgan fingerprint density at radius 3 is 2.78 bits per heavy atom. The fourth-order valence-corrected chi connectivity index (χ4v) is 3.44. The van der Waals surface area contributed by atoms with Crippen LogP contribution in [-0.4, -0.2) is 48.2 Å². The van der Waals surface area contributed by atoms with Crippen LogP contribution in [0.5, 0.6) is 5.75 Å². The van der Waals surface area contributed by atoms with Crippen LogP contribution in [0.3, 0.4) is 0 Å². The molecule has 0 aromatic heterocycles. The van der Waals surface area contributed by atoms with E-state index in [1.165, 1.54) is 6.42 Å². The summed E-state index contributed by atoms with van der Waals surface area (Å²) < 4.78 is 5.99. The molecule has 1 aromatic rings. The van der Waals surface area contributed by atoms with Gasteiger partial charge in [-0.05, 0) is 50.5 Å². The van der Waals surface area contributed by atoms with Crippen LogP contribution in [0.2, 0.25) is 0 Å². The van der Waals surface area contributed by atoms with Crippen molar-refractivity contribution in [2.24, 2.45) is 0 Å². The van der Waals surface area contributed by atoms with E-state index >= 15 is 0 Å². The minimum Gasteiger partial charge on any atom is -0.476 e. The number of rotatable bonds is 2. The second kappa shape index (κ2) is 7.17. The van der Waals surface area contributed by atoms with Crippen molar-refractivity contribution in [3.63, 3.8) is 0 Å². The maximum atomic E-state index is 12.8. The third-order valence-electron chi connectivity index (χ3n) is 4.29. The number of hydrogen-bond acceptors (Lipinski definition) is 3. The highest BCUT2D eigenvalue weighted by Crippen LogP contribution is 2.33. The smallest absolute Gasteiger partial charge is 0.265 e. The van der Waals surface area contributed by atoms with Gasteiger partial charge in [-0.25, -0.2) is 0 Å². The van der Waals surface area contributed by atoms with Crippen LogP contribution in [0.1, 0.15) is 26.2 Å². The molecule has 3 rings (SSSR count). The maximum Gasteiger partial charge on any atom is 0.265 e. The van der Waals surface area contributed by atoms with E-state index < -0.39 is 6.10 Å². The Labute approximate surface area is 142 Å². The minimum absolute atomic E-state index is 0.0727. The Morgan fingerprint density at radius 1 is 1.30 bits per heavy atom. The number of nitrogens with zero attached hydrogens (tertiary/aromatic N) is 2. The van der Waals surface area contributed by atoms with Crippen molar-refractivity contribution in [2.75, 3.05) is 31.1 Å². The van der Waals surface area contributed by atoms with Gasteiger partial charge in [0.15, 0.2) is 11.2 Å². The van der Waals surface area contributed by atoms with Gasteiger partial charge in [0.25, 0.3) is 5.91 Å². The van der Waals surface area contributed by atoms with Crippen LogP contribution in [0.25, 0.3) is 0 Å². The van der Waals surface area contributed by atoms with Crippen LogP contribution in [0, 0.1) is 0 Å². The van der Waals surface area contributed by atoms with Gasteiger partial charge in [-0.1, -0.05) is 12.1 Å². The number of carbonyl (C=O) groups excluding carboxylic acids is 1. The molecular formula is C17H23N3O2S. The number of benzene rings is 1. The van der Waals surface area contributed by atoms with Crippen molar-refractivity contribution in [1.82, 2.24) is 10.2 Å². The first-order valence-electron chi connectivity index (χ1n) is 8.30. The van der Waals surface area contributed by atoms with Crippen LogP contribution >= 0.6 is 12.2 Å². The summed E-state index contributed by atoms with van der Waals surface area (Å²) in [5, 5.41) is 3.81. The first kappa shape index (κ1) is 16.1. The number of likely N-dealkylation sites (tertiary alicyclic amines) is 1. The minimum atomic E-state index is -0.500. The molecule has 2 heterocycles. The van der Waals surface area contributed by atoms with Gasteiger partial charge in [0.05, 0.1) is 12.2 Å². The van der Waals surface area contributed by atoms with Crippen LogP contribution < -0.4 is 15.0 Å². The number of hydrogen-bond donors (Lipinski definition) is 1. The predicted octanol–water partition coefficient (Wildman–Crippen LogP) is 2.16. The Hall–Kier alpha value is -1.82. The van der Waals surface area contributed by atoms with E-state index in [9.17, 15) is 4.79 Å². The zero-order valence-corrected chi connectivity index (χ0v) is 14.3. The highest BCUT2D eigenvalue weighted by Gasteiger charge is 2.35. The number of anilines is 1. The van der Waals surface area contributed by atoms with E-state index in [0.717, 1.165) is 43.9 Å². The molecule has 1 atom stereocenters. The van der Waals surface area contributed by atoms with Crippen molar-refractivity contribution >= 4 is 28.9 Å². The fourth-order valence-electron chi connectivity index (χ4n) is 3.12. The number of thiocarbonyl (C=S) groups is 1. The normalized spacial score (nSPS) is 20.5. The van der Waals surface area contributed by atoms with Gasteiger partial charge >= 0.3 is 0 Å². The summed E-state index contributed by atoms with van der Waals surface area (Å²) in [6.45, 7) is 4.88. The molecule has 5 nitrogen and oxygen atoms in total. The van der Waals surface area contributed by atoms with Crippen molar-refractivity contribution in [3.05, 3.63) is 24.3 Å². The number of piperidine rings is 1. The molecule has 1 amide bonds. The van der Waals surface area contributed by atoms with Crippen LogP contribution in [0.4, 0.5) is 5.69 Å². The van der Waals surface area contributed by atoms with E-state index in [2.05, 4.69) is 5.32 Å². The molecule has 2 aliphatic rings. The molecular weight excluding hydrogens is 310 g/mol. The molecule has 0 unspecified atom stereocenters. The summed E-state index contributed by atoms with van der Waals surface area (Å²) in [6, 6.07) is 7.74. The molecule has 0 aliphatic carbocycles. The number of nitrogens with one attached hydrogen (secondary N) is 1. The number of amides is 1. The highest BCUT2D eigenvalue weighted by molar-refractivity contribution is 7.80. The summed E-state index contributed by atoms with van der Waals surface area (Å²) in [7, 11) is 0. The fraction of sp³-hybridized carbons (Fsp3) is 0.529. The number of fused-ring (bicyclic) bond motifs is 1. The number of carbonyl (C=O) groups is 1. The van der Waals surface area contributed by atoms with Gasteiger partial charge < -0.3 is 19.9 Å². The molecule has 0 spiro atoms. The van der Waals surface area contributed by atoms with Gasteiger partial charge in [0.1, 0.15) is 5.75 Å². The first-order valence-corrected chi connectivity index (χ1v) is 8.71. The molecule has 1 N–H and O–H groups in total. The Morgan fingerprint density at radius 2 is 2.04 bits per heavy atom. The standard InChI is InChI=1S/C17H23N3O2S/c1-2-18-17(23)20-12-15(16(21)19-10-6-3-7-11-19)22-14-9-5-4-8-13(14)20/h4-5,8-9,15H,2-3,6-7,10-12H2,1H3,(H,18,23)/t15-/m1/s1. The Kier molecular flexibility index (Phi) is 5.00. The molecule has 1 aromatic carbocycles. The molecule has 23 heavy (non-hydrogen) atoms. The third-order valence-corrected chi connectivity index (χ3v) is 4.65. The summed E-state index contributed by atoms with van der Waals surface area (Å²) >= 11 is 5.48. The lowest BCUT2D eigenvalue weighted by Gasteiger charge is -2.38. The maximum absolute atomic E-state index is 12.8. The second-order valence-corrected chi connectivity index (χ2v) is 6.29. The van der Waals surface area contributed by atoms with Gasteiger partial charge in [0.2, 0.25) is 0 Å². The lowest BCUT2D eigenvalue weighted by Crippen LogP contribution is -2.54. The Balaban J connectivity index is 1.81. The molecule has 2 aliphatic heterocycles. The lowest BCUT2D eigenvalue weighted by atomic mass is 10.1. The summed E-state index contributed by atoms with van der Waals surface area (Å²) in [4.78, 5) is 16.7. The van der Waals surface area contributed by atoms with E-state index in [-0.39, 0.29) is 5.91 Å². The third kappa shape index (κ3) is 3.42. The second-order valence-electron chi connectivity index (χ2n) is 5.91. The van der Waals surface area contributed by atoms with Crippen LogP contribution in [0.15, 0.2) is 24.3 Å². The van der Waals surface area contributed by atoms with E-state index in [0.29, 0.717) is 11.7 Å². The Bertz CT molecular complexity index is 587. The molecule has 0 bridgehead atoms. The molecule has 6 heteroatoms. The van der Waals surface area contributed by atoms with Gasteiger partial charge in [-0.15, -0.1) is 0 Å². The summed E-state index contributed by atoms with van der Waals surface area (Å²) in [5.74, 6) is 0.790. The average Bonchev–Trinajstić information content (AvgIpc) is 2.61. The topological polar surface area (TPSA) is 44.8 Å². The number of para-hydroxylation sites is 2. The van der Waals surface area contributed by atoms with E-state index in [1.807, 2.05) is 41.0 Å². The lowest BCUT2D eigenvalue weighted by molar-refractivity contribution is -0.139. The predicted molar refractivity (Wildman–Crippen MR) is 94.9 cm³/mol. The average molecular weight is 333 g/mol. The van der Waals surface area contributed by atoms with Gasteiger partial charge in [-0.3, -0.25) is 4.79 Å². The largest absolute Gasteiger partial charge is 0.476 e. The highest BCUT2D eigenvalue weighted by atomic mass is 32.1. The van der Waals surface area contributed by atoms with Crippen molar-refractivity contribution in [3.8, 4) is 5.75 Å². The summed E-state index contributed by atoms with van der Waals surface area (Å²) in [6.07, 6.45) is 2.86. The van der Waals surface area contributed by atoms with Crippen molar-refractivity contribution in [1.29, 1.82) is 0 Å². The SMILES string of the molecule is CCNC(=S)N1C[C@H](C(=O)N2CCCCC2)Oc2ccccc21. The van der Waals surface area contributed by atoms with Gasteiger partial charge in [-0.2, -0.15) is 0 Å². The van der Waals surface area contributed by atoms with E-state index in [1.54, 1.807) is 0 Å². The van der Waals surface area contributed by atoms with Crippen LogP contribution in [-0.2, 0) is 4.79 Å². The monoisotopic (exact) mass is 333 g/mol.